The summed E-state index contributed by atoms with van der Waals surface area (Å²) in [7, 11) is 1.93. The normalized spacial score (nSPS) is 16.8. The van der Waals surface area contributed by atoms with Gasteiger partial charge in [-0.2, -0.15) is 0 Å². The lowest BCUT2D eigenvalue weighted by molar-refractivity contribution is -0.200. The van der Waals surface area contributed by atoms with Gasteiger partial charge in [0.15, 0.2) is 12.0 Å². The van der Waals surface area contributed by atoms with Crippen LogP contribution in [0.5, 0.6) is 0 Å². The minimum absolute atomic E-state index is 0.161. The molecular weight excluding hydrogens is 511 g/mol. The van der Waals surface area contributed by atoms with Crippen molar-refractivity contribution in [3.05, 3.63) is 98.8 Å². The number of aldehydes is 1. The van der Waals surface area contributed by atoms with Gasteiger partial charge in [0, 0.05) is 39.9 Å². The molecule has 6 nitrogen and oxygen atoms in total. The zero-order chi connectivity index (χ0) is 26.8. The first-order valence-electron chi connectivity index (χ1n) is 12.1. The standard InChI is InChI=1S/C29H32Cl2N2O4/c1-27(2,35)22-7-12-26(20(13-22)16-34)29(21-5-8-23(30)9-6-21,37-19-28(3)17-36-18-28)33(4)15-25-11-10-24(31)14-32-25/h5-14,16,35H,15,17-19H2,1-4H3. The van der Waals surface area contributed by atoms with E-state index >= 15 is 0 Å². The largest absolute Gasteiger partial charge is 0.386 e. The highest BCUT2D eigenvalue weighted by atomic mass is 35.5. The third kappa shape index (κ3) is 5.90. The summed E-state index contributed by atoms with van der Waals surface area (Å²) >= 11 is 12.3. The zero-order valence-corrected chi connectivity index (χ0v) is 23.0. The summed E-state index contributed by atoms with van der Waals surface area (Å²) < 4.78 is 12.4. The number of ether oxygens (including phenoxy) is 2. The van der Waals surface area contributed by atoms with Crippen molar-refractivity contribution >= 4 is 29.5 Å². The Hall–Kier alpha value is -2.32. The molecule has 4 rings (SSSR count). The molecule has 1 saturated heterocycles. The Labute approximate surface area is 228 Å². The molecule has 3 aromatic rings. The predicted octanol–water partition coefficient (Wildman–Crippen LogP) is 5.81. The van der Waals surface area contributed by atoms with E-state index in [1.54, 1.807) is 32.2 Å². The monoisotopic (exact) mass is 542 g/mol. The molecular formula is C29H32Cl2N2O4. The molecule has 196 valence electrons. The second kappa shape index (κ2) is 10.8. The fourth-order valence-corrected chi connectivity index (χ4v) is 4.78. The maximum absolute atomic E-state index is 12.5. The summed E-state index contributed by atoms with van der Waals surface area (Å²) in [6, 6.07) is 16.5. The fourth-order valence-electron chi connectivity index (χ4n) is 4.54. The molecule has 0 aliphatic carbocycles. The summed E-state index contributed by atoms with van der Waals surface area (Å²) in [4.78, 5) is 19.0. The van der Waals surface area contributed by atoms with Gasteiger partial charge in [0.2, 0.25) is 0 Å². The Balaban J connectivity index is 1.92. The van der Waals surface area contributed by atoms with Crippen LogP contribution in [0.15, 0.2) is 60.8 Å². The highest BCUT2D eigenvalue weighted by Crippen LogP contribution is 2.42. The van der Waals surface area contributed by atoms with Crippen molar-refractivity contribution in [1.82, 2.24) is 9.88 Å². The van der Waals surface area contributed by atoms with Crippen molar-refractivity contribution in [2.75, 3.05) is 26.9 Å². The molecule has 1 fully saturated rings. The van der Waals surface area contributed by atoms with Gasteiger partial charge in [0.05, 0.1) is 36.1 Å². The number of hydrogen-bond acceptors (Lipinski definition) is 6. The van der Waals surface area contributed by atoms with Crippen LogP contribution in [0.3, 0.4) is 0 Å². The van der Waals surface area contributed by atoms with Crippen LogP contribution in [-0.4, -0.2) is 48.1 Å². The average molecular weight is 543 g/mol. The van der Waals surface area contributed by atoms with E-state index in [-0.39, 0.29) is 5.41 Å². The average Bonchev–Trinajstić information content (AvgIpc) is 2.85. The molecule has 37 heavy (non-hydrogen) atoms. The summed E-state index contributed by atoms with van der Waals surface area (Å²) in [5, 5.41) is 11.8. The lowest BCUT2D eigenvalue weighted by Gasteiger charge is -2.47. The van der Waals surface area contributed by atoms with Gasteiger partial charge < -0.3 is 14.6 Å². The molecule has 1 N–H and O–H groups in total. The maximum atomic E-state index is 12.5. The molecule has 2 heterocycles. The van der Waals surface area contributed by atoms with Gasteiger partial charge in [-0.1, -0.05) is 54.4 Å². The molecule has 0 saturated carbocycles. The zero-order valence-electron chi connectivity index (χ0n) is 21.5. The molecule has 1 aromatic heterocycles. The quantitative estimate of drug-likeness (QED) is 0.257. The van der Waals surface area contributed by atoms with Crippen LogP contribution >= 0.6 is 23.2 Å². The van der Waals surface area contributed by atoms with Crippen LogP contribution in [-0.2, 0) is 27.3 Å². The summed E-state index contributed by atoms with van der Waals surface area (Å²) in [6.07, 6.45) is 2.42. The number of nitrogens with zero attached hydrogens (tertiary/aromatic N) is 2. The summed E-state index contributed by atoms with van der Waals surface area (Å²) in [5.41, 5.74) is 0.827. The number of rotatable bonds is 10. The van der Waals surface area contributed by atoms with E-state index in [0.717, 1.165) is 17.5 Å². The molecule has 0 spiro atoms. The Morgan fingerprint density at radius 1 is 1.08 bits per heavy atom. The number of hydrogen-bond donors (Lipinski definition) is 1. The molecule has 1 atom stereocenters. The number of aromatic nitrogens is 1. The van der Waals surface area contributed by atoms with Crippen molar-refractivity contribution in [2.24, 2.45) is 5.41 Å². The minimum Gasteiger partial charge on any atom is -0.386 e. The molecule has 0 bridgehead atoms. The molecule has 0 amide bonds. The Kier molecular flexibility index (Phi) is 8.10. The van der Waals surface area contributed by atoms with Gasteiger partial charge in [-0.3, -0.25) is 14.7 Å². The van der Waals surface area contributed by atoms with E-state index in [4.69, 9.17) is 32.7 Å². The maximum Gasteiger partial charge on any atom is 0.174 e. The molecule has 0 radical (unpaired) electrons. The SMILES string of the molecule is CN(Cc1ccc(Cl)cn1)C(OCC1(C)COC1)(c1ccc(Cl)cc1)c1ccc(C(C)(C)O)cc1C=O. The van der Waals surface area contributed by atoms with Crippen LogP contribution in [0.25, 0.3) is 0 Å². The third-order valence-corrected chi connectivity index (χ3v) is 7.22. The number of halogens is 2. The number of carbonyl (C=O) groups is 1. The number of carbonyl (C=O) groups excluding carboxylic acids is 1. The van der Waals surface area contributed by atoms with Crippen LogP contribution in [0.2, 0.25) is 10.0 Å². The molecule has 1 aliphatic rings. The van der Waals surface area contributed by atoms with Crippen molar-refractivity contribution in [3.63, 3.8) is 0 Å². The van der Waals surface area contributed by atoms with Gasteiger partial charge in [-0.25, -0.2) is 0 Å². The van der Waals surface area contributed by atoms with E-state index in [2.05, 4.69) is 11.9 Å². The highest BCUT2D eigenvalue weighted by Gasteiger charge is 2.45. The first-order valence-corrected chi connectivity index (χ1v) is 12.8. The number of pyridine rings is 1. The van der Waals surface area contributed by atoms with Gasteiger partial charge in [0.25, 0.3) is 0 Å². The van der Waals surface area contributed by atoms with Crippen LogP contribution in [0.1, 0.15) is 53.5 Å². The van der Waals surface area contributed by atoms with Crippen molar-refractivity contribution < 1.29 is 19.4 Å². The smallest absolute Gasteiger partial charge is 0.174 e. The van der Waals surface area contributed by atoms with Crippen LogP contribution < -0.4 is 0 Å². The van der Waals surface area contributed by atoms with E-state index in [0.29, 0.717) is 53.1 Å². The van der Waals surface area contributed by atoms with E-state index < -0.39 is 11.3 Å². The minimum atomic E-state index is -1.18. The van der Waals surface area contributed by atoms with Crippen LogP contribution in [0, 0.1) is 5.41 Å². The second-order valence-corrected chi connectivity index (χ2v) is 11.4. The first kappa shape index (κ1) is 27.7. The van der Waals surface area contributed by atoms with Crippen molar-refractivity contribution in [2.45, 2.75) is 38.6 Å². The van der Waals surface area contributed by atoms with Gasteiger partial charge in [0.1, 0.15) is 0 Å². The topological polar surface area (TPSA) is 71.9 Å². The Morgan fingerprint density at radius 2 is 1.73 bits per heavy atom. The molecule has 8 heteroatoms. The van der Waals surface area contributed by atoms with Gasteiger partial charge >= 0.3 is 0 Å². The fraction of sp³-hybridized carbons (Fsp3) is 0.379. The number of benzene rings is 2. The van der Waals surface area contributed by atoms with Gasteiger partial charge in [-0.15, -0.1) is 0 Å². The Morgan fingerprint density at radius 3 is 2.27 bits per heavy atom. The molecule has 1 aliphatic heterocycles. The van der Waals surface area contributed by atoms with Gasteiger partial charge in [-0.05, 0) is 56.8 Å². The lowest BCUT2D eigenvalue weighted by atomic mass is 9.85. The van der Waals surface area contributed by atoms with E-state index in [1.807, 2.05) is 54.4 Å². The summed E-state index contributed by atoms with van der Waals surface area (Å²) in [6.45, 7) is 7.46. The molecule has 2 aromatic carbocycles. The van der Waals surface area contributed by atoms with Crippen molar-refractivity contribution in [1.29, 1.82) is 0 Å². The predicted molar refractivity (Wildman–Crippen MR) is 145 cm³/mol. The highest BCUT2D eigenvalue weighted by molar-refractivity contribution is 6.30. The first-order chi connectivity index (χ1) is 17.5. The van der Waals surface area contributed by atoms with E-state index in [1.165, 1.54) is 0 Å². The second-order valence-electron chi connectivity index (χ2n) is 10.5. The number of aliphatic hydroxyl groups is 1. The Bertz CT molecular complexity index is 1240. The summed E-state index contributed by atoms with van der Waals surface area (Å²) in [5.74, 6) is 0. The van der Waals surface area contributed by atoms with Crippen LogP contribution in [0.4, 0.5) is 0 Å². The lowest BCUT2D eigenvalue weighted by Crippen LogP contribution is -2.52. The van der Waals surface area contributed by atoms with E-state index in [9.17, 15) is 9.90 Å². The van der Waals surface area contributed by atoms with Crippen molar-refractivity contribution in [3.8, 4) is 0 Å². The molecule has 1 unspecified atom stereocenters. The third-order valence-electron chi connectivity index (χ3n) is 6.74.